The van der Waals surface area contributed by atoms with Gasteiger partial charge in [0.2, 0.25) is 5.88 Å². The first-order chi connectivity index (χ1) is 11.2. The van der Waals surface area contributed by atoms with Crippen LogP contribution in [0.5, 0.6) is 5.88 Å². The summed E-state index contributed by atoms with van der Waals surface area (Å²) in [6.45, 7) is 9.36. The van der Waals surface area contributed by atoms with Gasteiger partial charge in [-0.05, 0) is 32.4 Å². The Morgan fingerprint density at radius 3 is 2.91 bits per heavy atom. The molecule has 3 heterocycles. The van der Waals surface area contributed by atoms with Crippen LogP contribution in [0.15, 0.2) is 18.3 Å². The van der Waals surface area contributed by atoms with Crippen molar-refractivity contribution >= 4 is 11.6 Å². The van der Waals surface area contributed by atoms with E-state index in [2.05, 4.69) is 21.7 Å². The lowest BCUT2D eigenvalue weighted by atomic mass is 10.1. The summed E-state index contributed by atoms with van der Waals surface area (Å²) in [5.41, 5.74) is 0. The van der Waals surface area contributed by atoms with Gasteiger partial charge in [0.25, 0.3) is 0 Å². The normalized spacial score (nSPS) is 25.2. The number of halogens is 1. The summed E-state index contributed by atoms with van der Waals surface area (Å²) < 4.78 is 11.5. The molecule has 3 rings (SSSR count). The highest BCUT2D eigenvalue weighted by Gasteiger charge is 2.26. The highest BCUT2D eigenvalue weighted by atomic mass is 35.5. The summed E-state index contributed by atoms with van der Waals surface area (Å²) in [6.07, 6.45) is 4.11. The predicted octanol–water partition coefficient (Wildman–Crippen LogP) is 2.30. The molecule has 0 N–H and O–H groups in total. The van der Waals surface area contributed by atoms with Crippen molar-refractivity contribution in [1.29, 1.82) is 0 Å². The van der Waals surface area contributed by atoms with Crippen LogP contribution >= 0.6 is 11.6 Å². The summed E-state index contributed by atoms with van der Waals surface area (Å²) in [5.74, 6) is 0.669. The highest BCUT2D eigenvalue weighted by Crippen LogP contribution is 2.20. The molecule has 0 aliphatic carbocycles. The minimum atomic E-state index is 0.213. The smallest absolute Gasteiger partial charge is 0.213 e. The number of rotatable bonds is 5. The van der Waals surface area contributed by atoms with Gasteiger partial charge >= 0.3 is 0 Å². The number of hydrogen-bond donors (Lipinski definition) is 0. The van der Waals surface area contributed by atoms with Crippen molar-refractivity contribution in [2.45, 2.75) is 31.9 Å². The van der Waals surface area contributed by atoms with Crippen LogP contribution in [0.3, 0.4) is 0 Å². The maximum atomic E-state index is 6.04. The van der Waals surface area contributed by atoms with E-state index in [0.29, 0.717) is 16.9 Å². The van der Waals surface area contributed by atoms with Crippen LogP contribution in [-0.4, -0.2) is 72.9 Å². The van der Waals surface area contributed by atoms with E-state index in [-0.39, 0.29) is 6.10 Å². The Hall–Kier alpha value is -0.880. The molecule has 5 nitrogen and oxygen atoms in total. The lowest BCUT2D eigenvalue weighted by molar-refractivity contribution is 0.0112. The lowest BCUT2D eigenvalue weighted by Gasteiger charge is -2.39. The van der Waals surface area contributed by atoms with Crippen LogP contribution in [0, 0.1) is 0 Å². The van der Waals surface area contributed by atoms with Crippen LogP contribution < -0.4 is 4.74 Å². The van der Waals surface area contributed by atoms with Gasteiger partial charge in [-0.1, -0.05) is 11.6 Å². The quantitative estimate of drug-likeness (QED) is 0.823. The third-order valence-electron chi connectivity index (χ3n) is 4.65. The Balaban J connectivity index is 1.49. The molecule has 128 valence electrons. The number of pyridine rings is 1. The van der Waals surface area contributed by atoms with Crippen LogP contribution in [0.25, 0.3) is 0 Å². The molecule has 2 fully saturated rings. The molecule has 23 heavy (non-hydrogen) atoms. The average Bonchev–Trinajstić information content (AvgIpc) is 2.58. The highest BCUT2D eigenvalue weighted by molar-refractivity contribution is 6.30. The third kappa shape index (κ3) is 5.05. The third-order valence-corrected chi connectivity index (χ3v) is 4.87. The first kappa shape index (κ1) is 17.0. The Morgan fingerprint density at radius 1 is 1.35 bits per heavy atom. The topological polar surface area (TPSA) is 37.8 Å². The molecule has 2 saturated heterocycles. The molecule has 2 aliphatic heterocycles. The average molecular weight is 340 g/mol. The van der Waals surface area contributed by atoms with Crippen LogP contribution in [0.1, 0.15) is 19.8 Å². The number of nitrogens with zero attached hydrogens (tertiary/aromatic N) is 3. The summed E-state index contributed by atoms with van der Waals surface area (Å²) in [5, 5.41) is 0.641. The first-order valence-corrected chi connectivity index (χ1v) is 8.91. The van der Waals surface area contributed by atoms with E-state index >= 15 is 0 Å². The van der Waals surface area contributed by atoms with Gasteiger partial charge in [0.05, 0.1) is 18.2 Å². The Morgan fingerprint density at radius 2 is 2.17 bits per heavy atom. The second-order valence-corrected chi connectivity index (χ2v) is 6.89. The fourth-order valence-corrected chi connectivity index (χ4v) is 3.45. The van der Waals surface area contributed by atoms with Crippen molar-refractivity contribution in [1.82, 2.24) is 14.8 Å². The summed E-state index contributed by atoms with van der Waals surface area (Å²) in [7, 11) is 0. The van der Waals surface area contributed by atoms with Gasteiger partial charge in [-0.15, -0.1) is 0 Å². The largest absolute Gasteiger partial charge is 0.473 e. The van der Waals surface area contributed by atoms with E-state index in [1.165, 1.54) is 6.42 Å². The molecule has 1 aromatic rings. The van der Waals surface area contributed by atoms with E-state index in [1.54, 1.807) is 6.20 Å². The van der Waals surface area contributed by atoms with Gasteiger partial charge in [0.15, 0.2) is 0 Å². The standard InChI is InChI=1S/C17H26ClN3O2/c1-14(12-20-7-9-22-10-8-20)21-6-2-3-16(13-21)23-17-5-4-15(18)11-19-17/h4-5,11,14,16H,2-3,6-10,12-13H2,1H3. The maximum absolute atomic E-state index is 6.04. The van der Waals surface area contributed by atoms with E-state index in [0.717, 1.165) is 52.4 Å². The molecule has 0 radical (unpaired) electrons. The van der Waals surface area contributed by atoms with Crippen molar-refractivity contribution in [3.8, 4) is 5.88 Å². The molecular weight excluding hydrogens is 314 g/mol. The van der Waals surface area contributed by atoms with Crippen molar-refractivity contribution < 1.29 is 9.47 Å². The van der Waals surface area contributed by atoms with Crippen molar-refractivity contribution in [3.05, 3.63) is 23.4 Å². The van der Waals surface area contributed by atoms with Crippen LogP contribution in [-0.2, 0) is 4.74 Å². The number of likely N-dealkylation sites (tertiary alicyclic amines) is 1. The molecule has 0 spiro atoms. The van der Waals surface area contributed by atoms with Gasteiger partial charge in [-0.25, -0.2) is 4.98 Å². The molecular formula is C17H26ClN3O2. The molecule has 0 aromatic carbocycles. The molecule has 2 atom stereocenters. The zero-order chi connectivity index (χ0) is 16.1. The Bertz CT molecular complexity index is 479. The number of morpholine rings is 1. The van der Waals surface area contributed by atoms with Crippen LogP contribution in [0.2, 0.25) is 5.02 Å². The Kier molecular flexibility index (Phi) is 6.11. The molecule has 1 aromatic heterocycles. The number of piperidine rings is 1. The summed E-state index contributed by atoms with van der Waals surface area (Å²) in [6, 6.07) is 4.21. The van der Waals surface area contributed by atoms with E-state index in [4.69, 9.17) is 21.1 Å². The summed E-state index contributed by atoms with van der Waals surface area (Å²) in [4.78, 5) is 9.28. The van der Waals surface area contributed by atoms with Crippen LogP contribution in [0.4, 0.5) is 0 Å². The lowest BCUT2D eigenvalue weighted by Crippen LogP contribution is -2.51. The predicted molar refractivity (Wildman–Crippen MR) is 91.2 cm³/mol. The molecule has 6 heteroatoms. The van der Waals surface area contributed by atoms with E-state index in [1.807, 2.05) is 12.1 Å². The van der Waals surface area contributed by atoms with E-state index in [9.17, 15) is 0 Å². The number of hydrogen-bond acceptors (Lipinski definition) is 5. The number of aromatic nitrogens is 1. The van der Waals surface area contributed by atoms with Crippen molar-refractivity contribution in [3.63, 3.8) is 0 Å². The van der Waals surface area contributed by atoms with E-state index < -0.39 is 0 Å². The van der Waals surface area contributed by atoms with Gasteiger partial charge < -0.3 is 9.47 Å². The summed E-state index contributed by atoms with van der Waals surface area (Å²) >= 11 is 5.87. The molecule has 2 unspecified atom stereocenters. The van der Waals surface area contributed by atoms with Gasteiger partial charge in [0.1, 0.15) is 6.10 Å². The zero-order valence-corrected chi connectivity index (χ0v) is 14.5. The maximum Gasteiger partial charge on any atom is 0.213 e. The van der Waals surface area contributed by atoms with Gasteiger partial charge in [-0.2, -0.15) is 0 Å². The fourth-order valence-electron chi connectivity index (χ4n) is 3.34. The minimum absolute atomic E-state index is 0.213. The number of ether oxygens (including phenoxy) is 2. The van der Waals surface area contributed by atoms with Crippen molar-refractivity contribution in [2.24, 2.45) is 0 Å². The first-order valence-electron chi connectivity index (χ1n) is 8.53. The molecule has 0 amide bonds. The zero-order valence-electron chi connectivity index (χ0n) is 13.8. The second-order valence-electron chi connectivity index (χ2n) is 6.45. The SMILES string of the molecule is CC(CN1CCOCC1)N1CCCC(Oc2ccc(Cl)cn2)C1. The van der Waals surface area contributed by atoms with Gasteiger partial charge in [-0.3, -0.25) is 9.80 Å². The molecule has 0 saturated carbocycles. The van der Waals surface area contributed by atoms with Gasteiger partial charge in [0, 0.05) is 44.5 Å². The fraction of sp³-hybridized carbons (Fsp3) is 0.706. The second kappa shape index (κ2) is 8.29. The molecule has 0 bridgehead atoms. The molecule has 2 aliphatic rings. The minimum Gasteiger partial charge on any atom is -0.473 e. The monoisotopic (exact) mass is 339 g/mol. The Labute approximate surface area is 143 Å². The van der Waals surface area contributed by atoms with Crippen molar-refractivity contribution in [2.75, 3.05) is 45.9 Å².